The van der Waals surface area contributed by atoms with Crippen molar-refractivity contribution in [2.24, 2.45) is 5.16 Å². The van der Waals surface area contributed by atoms with Crippen LogP contribution >= 0.6 is 11.3 Å². The maximum absolute atomic E-state index is 5.31. The summed E-state index contributed by atoms with van der Waals surface area (Å²) in [6.07, 6.45) is 7.79. The van der Waals surface area contributed by atoms with Gasteiger partial charge in [0.15, 0.2) is 5.82 Å². The Morgan fingerprint density at radius 2 is 2.25 bits per heavy atom. The van der Waals surface area contributed by atoms with Gasteiger partial charge in [-0.05, 0) is 19.1 Å². The van der Waals surface area contributed by atoms with E-state index in [1.165, 1.54) is 0 Å². The van der Waals surface area contributed by atoms with E-state index in [-0.39, 0.29) is 0 Å². The van der Waals surface area contributed by atoms with Gasteiger partial charge >= 0.3 is 0 Å². The molecule has 0 radical (unpaired) electrons. The summed E-state index contributed by atoms with van der Waals surface area (Å²) in [5.74, 6) is 0.811. The number of anilines is 1. The second-order valence-electron chi connectivity index (χ2n) is 6.40. The van der Waals surface area contributed by atoms with Crippen molar-refractivity contribution >= 4 is 22.9 Å². The molecule has 28 heavy (non-hydrogen) atoms. The molecule has 0 amide bonds. The molecule has 3 aromatic heterocycles. The van der Waals surface area contributed by atoms with Crippen LogP contribution in [0, 0.1) is 6.92 Å². The molecule has 7 nitrogen and oxygen atoms in total. The minimum Gasteiger partial charge on any atom is -0.391 e. The van der Waals surface area contributed by atoms with Crippen LogP contribution in [0.25, 0.3) is 21.1 Å². The Kier molecular flexibility index (Phi) is 5.12. The molecule has 0 saturated carbocycles. The maximum Gasteiger partial charge on any atom is 0.156 e. The highest BCUT2D eigenvalue weighted by Crippen LogP contribution is 2.35. The first kappa shape index (κ1) is 18.2. The molecule has 0 fully saturated rings. The number of hydrogen-bond donors (Lipinski definition) is 0. The van der Waals surface area contributed by atoms with Crippen molar-refractivity contribution in [3.8, 4) is 21.1 Å². The molecule has 1 aliphatic rings. The molecule has 0 bridgehead atoms. The molecule has 0 saturated heterocycles. The fourth-order valence-electron chi connectivity index (χ4n) is 2.97. The van der Waals surface area contributed by atoms with E-state index in [1.54, 1.807) is 29.8 Å². The van der Waals surface area contributed by atoms with Gasteiger partial charge < -0.3 is 9.74 Å². The fraction of sp³-hybridized carbons (Fsp3) is 0.250. The highest BCUT2D eigenvalue weighted by atomic mass is 32.1. The van der Waals surface area contributed by atoms with Crippen molar-refractivity contribution in [3.63, 3.8) is 0 Å². The summed E-state index contributed by atoms with van der Waals surface area (Å²) in [7, 11) is 2.01. The van der Waals surface area contributed by atoms with Crippen LogP contribution in [0.4, 0.5) is 5.82 Å². The van der Waals surface area contributed by atoms with Crippen LogP contribution in [-0.2, 0) is 4.84 Å². The average Bonchev–Trinajstić information content (AvgIpc) is 3.12. The van der Waals surface area contributed by atoms with Gasteiger partial charge in [-0.25, -0.2) is 15.0 Å². The summed E-state index contributed by atoms with van der Waals surface area (Å²) in [4.78, 5) is 26.8. The monoisotopic (exact) mass is 392 g/mol. The molecular weight excluding hydrogens is 372 g/mol. The summed E-state index contributed by atoms with van der Waals surface area (Å²) in [6, 6.07) is 3.91. The van der Waals surface area contributed by atoms with Gasteiger partial charge in [-0.15, -0.1) is 11.3 Å². The SMILES string of the molecule is C=CCO/N=C1\CCN(C)c2ncc(-c3sc(-c4cccnc4)nc3C)nc21. The molecule has 0 spiro atoms. The topological polar surface area (TPSA) is 76.4 Å². The lowest BCUT2D eigenvalue weighted by molar-refractivity contribution is 0.174. The van der Waals surface area contributed by atoms with Gasteiger partial charge in [0.05, 0.1) is 16.8 Å². The normalized spacial score (nSPS) is 14.8. The smallest absolute Gasteiger partial charge is 0.156 e. The van der Waals surface area contributed by atoms with Crippen molar-refractivity contribution in [3.05, 3.63) is 54.8 Å². The van der Waals surface area contributed by atoms with Crippen molar-refractivity contribution in [1.82, 2.24) is 19.9 Å². The molecule has 0 aromatic carbocycles. The van der Waals surface area contributed by atoms with E-state index in [9.17, 15) is 0 Å². The lowest BCUT2D eigenvalue weighted by atomic mass is 10.1. The van der Waals surface area contributed by atoms with Crippen LogP contribution in [0.2, 0.25) is 0 Å². The Hall–Kier alpha value is -3.13. The van der Waals surface area contributed by atoms with Gasteiger partial charge in [0.25, 0.3) is 0 Å². The molecule has 0 N–H and O–H groups in total. The standard InChI is InChI=1S/C20H20N6OS/c1-4-10-27-25-15-7-9-26(3)19-17(15)24-16(12-22-19)18-13(2)23-20(28-18)14-6-5-8-21-11-14/h4-6,8,11-12H,1,7,9-10H2,2-3H3/b25-15+. The summed E-state index contributed by atoms with van der Waals surface area (Å²) in [5, 5.41) is 5.17. The predicted molar refractivity (Wildman–Crippen MR) is 112 cm³/mol. The summed E-state index contributed by atoms with van der Waals surface area (Å²) >= 11 is 1.59. The molecule has 1 aliphatic heterocycles. The van der Waals surface area contributed by atoms with Gasteiger partial charge in [-0.3, -0.25) is 4.98 Å². The van der Waals surface area contributed by atoms with Crippen LogP contribution in [0.5, 0.6) is 0 Å². The molecule has 3 aromatic rings. The molecule has 0 aliphatic carbocycles. The number of aryl methyl sites for hydroxylation is 1. The van der Waals surface area contributed by atoms with E-state index in [0.717, 1.165) is 57.0 Å². The first-order valence-electron chi connectivity index (χ1n) is 8.94. The molecule has 8 heteroatoms. The Morgan fingerprint density at radius 1 is 1.36 bits per heavy atom. The Morgan fingerprint density at radius 3 is 3.04 bits per heavy atom. The van der Waals surface area contributed by atoms with Crippen LogP contribution in [0.3, 0.4) is 0 Å². The number of pyridine rings is 1. The third-order valence-electron chi connectivity index (χ3n) is 4.38. The van der Waals surface area contributed by atoms with E-state index < -0.39 is 0 Å². The zero-order valence-electron chi connectivity index (χ0n) is 15.8. The highest BCUT2D eigenvalue weighted by molar-refractivity contribution is 7.18. The average molecular weight is 392 g/mol. The number of aromatic nitrogens is 4. The number of nitrogens with zero attached hydrogens (tertiary/aromatic N) is 6. The quantitative estimate of drug-likeness (QED) is 0.374. The van der Waals surface area contributed by atoms with Gasteiger partial charge in [-0.2, -0.15) is 0 Å². The van der Waals surface area contributed by atoms with Crippen LogP contribution < -0.4 is 4.90 Å². The van der Waals surface area contributed by atoms with E-state index in [4.69, 9.17) is 14.8 Å². The first-order valence-corrected chi connectivity index (χ1v) is 9.75. The molecule has 4 rings (SSSR count). The van der Waals surface area contributed by atoms with Crippen LogP contribution in [0.15, 0.2) is 48.5 Å². The summed E-state index contributed by atoms with van der Waals surface area (Å²) in [6.45, 7) is 6.82. The van der Waals surface area contributed by atoms with E-state index >= 15 is 0 Å². The number of thiazole rings is 1. The maximum atomic E-state index is 5.31. The highest BCUT2D eigenvalue weighted by Gasteiger charge is 2.24. The summed E-state index contributed by atoms with van der Waals surface area (Å²) < 4.78 is 0. The lowest BCUT2D eigenvalue weighted by Crippen LogP contribution is -2.30. The Balaban J connectivity index is 1.74. The first-order chi connectivity index (χ1) is 13.7. The third-order valence-corrected chi connectivity index (χ3v) is 5.61. The number of hydrogen-bond acceptors (Lipinski definition) is 8. The van der Waals surface area contributed by atoms with Crippen LogP contribution in [-0.4, -0.2) is 45.8 Å². The Bertz CT molecular complexity index is 1030. The molecule has 0 atom stereocenters. The Labute approximate surface area is 167 Å². The predicted octanol–water partition coefficient (Wildman–Crippen LogP) is 3.72. The number of oxime groups is 1. The second kappa shape index (κ2) is 7.85. The fourth-order valence-corrected chi connectivity index (χ4v) is 3.98. The largest absolute Gasteiger partial charge is 0.391 e. The summed E-state index contributed by atoms with van der Waals surface area (Å²) in [5.41, 5.74) is 4.26. The van der Waals surface area contributed by atoms with Crippen molar-refractivity contribution in [2.75, 3.05) is 25.1 Å². The van der Waals surface area contributed by atoms with Gasteiger partial charge in [0.1, 0.15) is 28.7 Å². The van der Waals surface area contributed by atoms with Crippen LogP contribution in [0.1, 0.15) is 17.8 Å². The van der Waals surface area contributed by atoms with Crippen molar-refractivity contribution in [2.45, 2.75) is 13.3 Å². The molecule has 4 heterocycles. The molecule has 0 unspecified atom stereocenters. The number of rotatable bonds is 5. The van der Waals surface area contributed by atoms with E-state index in [1.807, 2.05) is 32.3 Å². The third kappa shape index (κ3) is 3.50. The van der Waals surface area contributed by atoms with Gasteiger partial charge in [-0.1, -0.05) is 17.8 Å². The molecule has 142 valence electrons. The van der Waals surface area contributed by atoms with Gasteiger partial charge in [0, 0.05) is 38.0 Å². The number of fused-ring (bicyclic) bond motifs is 1. The van der Waals surface area contributed by atoms with Crippen molar-refractivity contribution < 1.29 is 4.84 Å². The van der Waals surface area contributed by atoms with Crippen molar-refractivity contribution in [1.29, 1.82) is 0 Å². The minimum absolute atomic E-state index is 0.365. The molecular formula is C20H20N6OS. The lowest BCUT2D eigenvalue weighted by Gasteiger charge is -2.26. The second-order valence-corrected chi connectivity index (χ2v) is 7.40. The van der Waals surface area contributed by atoms with E-state index in [0.29, 0.717) is 6.61 Å². The zero-order chi connectivity index (χ0) is 19.5. The van der Waals surface area contributed by atoms with Gasteiger partial charge in [0.2, 0.25) is 0 Å². The minimum atomic E-state index is 0.365. The zero-order valence-corrected chi connectivity index (χ0v) is 16.6. The van der Waals surface area contributed by atoms with E-state index in [2.05, 4.69) is 26.6 Å².